The van der Waals surface area contributed by atoms with Crippen LogP contribution in [-0.2, 0) is 6.54 Å². The first-order valence-corrected chi connectivity index (χ1v) is 7.87. The third-order valence-corrected chi connectivity index (χ3v) is 4.30. The van der Waals surface area contributed by atoms with Crippen molar-refractivity contribution in [1.82, 2.24) is 20.4 Å². The minimum absolute atomic E-state index is 0.611. The number of hydrogen-bond donors (Lipinski definition) is 2. The molecule has 1 aliphatic heterocycles. The quantitative estimate of drug-likeness (QED) is 0.857. The molecule has 0 saturated carbocycles. The van der Waals surface area contributed by atoms with Crippen LogP contribution >= 0.6 is 0 Å². The van der Waals surface area contributed by atoms with E-state index >= 15 is 0 Å². The maximum absolute atomic E-state index is 4.20. The zero-order chi connectivity index (χ0) is 14.5. The van der Waals surface area contributed by atoms with Gasteiger partial charge in [-0.1, -0.05) is 30.3 Å². The molecule has 112 valence electrons. The van der Waals surface area contributed by atoms with Crippen LogP contribution in [0.25, 0.3) is 11.3 Å². The van der Waals surface area contributed by atoms with Gasteiger partial charge in [0, 0.05) is 24.7 Å². The van der Waals surface area contributed by atoms with Gasteiger partial charge in [0.15, 0.2) is 0 Å². The van der Waals surface area contributed by atoms with E-state index in [2.05, 4.69) is 51.6 Å². The molecule has 0 aliphatic carbocycles. The van der Waals surface area contributed by atoms with Crippen LogP contribution in [-0.4, -0.2) is 40.8 Å². The lowest BCUT2D eigenvalue weighted by Crippen LogP contribution is -2.38. The summed E-state index contributed by atoms with van der Waals surface area (Å²) in [5.74, 6) is 0. The van der Waals surface area contributed by atoms with Crippen molar-refractivity contribution < 1.29 is 0 Å². The minimum atomic E-state index is 0.611. The lowest BCUT2D eigenvalue weighted by Gasteiger charge is -2.23. The van der Waals surface area contributed by atoms with Crippen molar-refractivity contribution in [3.05, 3.63) is 42.1 Å². The van der Waals surface area contributed by atoms with Crippen molar-refractivity contribution in [2.24, 2.45) is 0 Å². The standard InChI is InChI=1S/C17H24N4/c1-14(21-9-5-6-10-21)11-18-12-16-13-19-20-17(16)15-7-3-2-4-8-15/h2-4,7-8,13-14,18H,5-6,9-12H2,1H3,(H,19,20). The summed E-state index contributed by atoms with van der Waals surface area (Å²) in [4.78, 5) is 2.57. The third kappa shape index (κ3) is 3.52. The number of H-pyrrole nitrogens is 1. The Bertz CT molecular complexity index is 543. The van der Waals surface area contributed by atoms with Crippen LogP contribution in [0.2, 0.25) is 0 Å². The molecular weight excluding hydrogens is 260 g/mol. The molecule has 1 atom stereocenters. The van der Waals surface area contributed by atoms with Crippen molar-refractivity contribution in [2.45, 2.75) is 32.4 Å². The predicted molar refractivity (Wildman–Crippen MR) is 86.0 cm³/mol. The first-order chi connectivity index (χ1) is 10.3. The number of nitrogens with zero attached hydrogens (tertiary/aromatic N) is 2. The highest BCUT2D eigenvalue weighted by Gasteiger charge is 2.17. The third-order valence-electron chi connectivity index (χ3n) is 4.30. The van der Waals surface area contributed by atoms with Gasteiger partial charge in [-0.15, -0.1) is 0 Å². The second-order valence-corrected chi connectivity index (χ2v) is 5.86. The van der Waals surface area contributed by atoms with Gasteiger partial charge in [0.05, 0.1) is 11.9 Å². The number of hydrogen-bond acceptors (Lipinski definition) is 3. The molecule has 3 rings (SSSR count). The summed E-state index contributed by atoms with van der Waals surface area (Å²) >= 11 is 0. The topological polar surface area (TPSA) is 44.0 Å². The van der Waals surface area contributed by atoms with Crippen molar-refractivity contribution in [3.8, 4) is 11.3 Å². The first kappa shape index (κ1) is 14.3. The smallest absolute Gasteiger partial charge is 0.0695 e. The summed E-state index contributed by atoms with van der Waals surface area (Å²) in [6.45, 7) is 6.71. The van der Waals surface area contributed by atoms with Gasteiger partial charge in [0.25, 0.3) is 0 Å². The van der Waals surface area contributed by atoms with Crippen molar-refractivity contribution in [3.63, 3.8) is 0 Å². The Morgan fingerprint density at radius 3 is 2.76 bits per heavy atom. The zero-order valence-corrected chi connectivity index (χ0v) is 12.7. The molecular formula is C17H24N4. The Morgan fingerprint density at radius 2 is 2.00 bits per heavy atom. The van der Waals surface area contributed by atoms with Gasteiger partial charge in [0.2, 0.25) is 0 Å². The molecule has 4 nitrogen and oxygen atoms in total. The molecule has 1 fully saturated rings. The van der Waals surface area contributed by atoms with E-state index in [1.54, 1.807) is 0 Å². The highest BCUT2D eigenvalue weighted by Crippen LogP contribution is 2.20. The van der Waals surface area contributed by atoms with E-state index in [1.165, 1.54) is 37.1 Å². The number of likely N-dealkylation sites (tertiary alicyclic amines) is 1. The van der Waals surface area contributed by atoms with Gasteiger partial charge < -0.3 is 5.32 Å². The molecule has 21 heavy (non-hydrogen) atoms. The van der Waals surface area contributed by atoms with Crippen LogP contribution in [0.3, 0.4) is 0 Å². The van der Waals surface area contributed by atoms with E-state index < -0.39 is 0 Å². The summed E-state index contributed by atoms with van der Waals surface area (Å²) in [6.07, 6.45) is 4.63. The summed E-state index contributed by atoms with van der Waals surface area (Å²) in [7, 11) is 0. The molecule has 1 saturated heterocycles. The van der Waals surface area contributed by atoms with E-state index in [0.717, 1.165) is 18.8 Å². The van der Waals surface area contributed by atoms with Crippen molar-refractivity contribution in [1.29, 1.82) is 0 Å². The van der Waals surface area contributed by atoms with Gasteiger partial charge in [-0.05, 0) is 38.4 Å². The van der Waals surface area contributed by atoms with E-state index in [0.29, 0.717) is 6.04 Å². The molecule has 1 unspecified atom stereocenters. The summed E-state index contributed by atoms with van der Waals surface area (Å²) in [5.41, 5.74) is 3.55. The Hall–Kier alpha value is -1.65. The molecule has 0 radical (unpaired) electrons. The Kier molecular flexibility index (Phi) is 4.68. The number of benzene rings is 1. The highest BCUT2D eigenvalue weighted by atomic mass is 15.2. The van der Waals surface area contributed by atoms with Crippen molar-refractivity contribution >= 4 is 0 Å². The fourth-order valence-electron chi connectivity index (χ4n) is 3.03. The normalized spacial score (nSPS) is 17.2. The average molecular weight is 284 g/mol. The van der Waals surface area contributed by atoms with Crippen LogP contribution in [0.1, 0.15) is 25.3 Å². The Morgan fingerprint density at radius 1 is 1.24 bits per heavy atom. The molecule has 1 aromatic heterocycles. The second-order valence-electron chi connectivity index (χ2n) is 5.86. The van der Waals surface area contributed by atoms with E-state index in [-0.39, 0.29) is 0 Å². The predicted octanol–water partition coefficient (Wildman–Crippen LogP) is 2.65. The van der Waals surface area contributed by atoms with E-state index in [4.69, 9.17) is 0 Å². The molecule has 2 aromatic rings. The highest BCUT2D eigenvalue weighted by molar-refractivity contribution is 5.62. The maximum Gasteiger partial charge on any atom is 0.0695 e. The number of rotatable bonds is 6. The Balaban J connectivity index is 1.55. The van der Waals surface area contributed by atoms with Gasteiger partial charge in [0.1, 0.15) is 0 Å². The SMILES string of the molecule is CC(CNCc1cn[nH]c1-c1ccccc1)N1CCCC1. The average Bonchev–Trinajstić information content (AvgIpc) is 3.20. The fraction of sp³-hybridized carbons (Fsp3) is 0.471. The van der Waals surface area contributed by atoms with Gasteiger partial charge >= 0.3 is 0 Å². The number of nitrogens with one attached hydrogen (secondary N) is 2. The summed E-state index contributed by atoms with van der Waals surface area (Å²) in [6, 6.07) is 11.0. The zero-order valence-electron chi connectivity index (χ0n) is 12.7. The molecule has 0 amide bonds. The molecule has 0 spiro atoms. The van der Waals surface area contributed by atoms with E-state index in [9.17, 15) is 0 Å². The van der Waals surface area contributed by atoms with Crippen LogP contribution in [0.15, 0.2) is 36.5 Å². The van der Waals surface area contributed by atoms with Gasteiger partial charge in [-0.2, -0.15) is 5.10 Å². The van der Waals surface area contributed by atoms with Gasteiger partial charge in [-0.3, -0.25) is 10.00 Å². The first-order valence-electron chi connectivity index (χ1n) is 7.87. The summed E-state index contributed by atoms with van der Waals surface area (Å²) in [5, 5.41) is 10.9. The molecule has 1 aliphatic rings. The number of aromatic nitrogens is 2. The lowest BCUT2D eigenvalue weighted by molar-refractivity contribution is 0.251. The summed E-state index contributed by atoms with van der Waals surface area (Å²) < 4.78 is 0. The second kappa shape index (κ2) is 6.87. The molecule has 2 N–H and O–H groups in total. The maximum atomic E-state index is 4.20. The van der Waals surface area contributed by atoms with Crippen LogP contribution < -0.4 is 5.32 Å². The fourth-order valence-corrected chi connectivity index (χ4v) is 3.03. The van der Waals surface area contributed by atoms with Crippen molar-refractivity contribution in [2.75, 3.05) is 19.6 Å². The number of aromatic amines is 1. The lowest BCUT2D eigenvalue weighted by atomic mass is 10.1. The van der Waals surface area contributed by atoms with Crippen LogP contribution in [0.5, 0.6) is 0 Å². The molecule has 1 aromatic carbocycles. The van der Waals surface area contributed by atoms with Crippen LogP contribution in [0.4, 0.5) is 0 Å². The van der Waals surface area contributed by atoms with Crippen LogP contribution in [0, 0.1) is 0 Å². The van der Waals surface area contributed by atoms with Gasteiger partial charge in [-0.25, -0.2) is 0 Å². The monoisotopic (exact) mass is 284 g/mol. The minimum Gasteiger partial charge on any atom is -0.311 e. The molecule has 0 bridgehead atoms. The molecule has 2 heterocycles. The Labute approximate surface area is 126 Å². The molecule has 4 heteroatoms. The largest absolute Gasteiger partial charge is 0.311 e. The van der Waals surface area contributed by atoms with E-state index in [1.807, 2.05) is 12.3 Å².